The molecule has 1 aliphatic rings. The summed E-state index contributed by atoms with van der Waals surface area (Å²) >= 11 is 0. The molecule has 86 valence electrons. The molecule has 17 heavy (non-hydrogen) atoms. The minimum Gasteiger partial charge on any atom is -0.312 e. The van der Waals surface area contributed by atoms with Gasteiger partial charge in [-0.05, 0) is 30.5 Å². The molecular formula is C13H16B2O2. The summed E-state index contributed by atoms with van der Waals surface area (Å²) in [5.41, 5.74) is 1.86. The van der Waals surface area contributed by atoms with Crippen LogP contribution in [-0.4, -0.2) is 25.9 Å². The van der Waals surface area contributed by atoms with Crippen molar-refractivity contribution in [3.8, 4) is 0 Å². The first-order valence-corrected chi connectivity index (χ1v) is 6.34. The Kier molecular flexibility index (Phi) is 4.18. The molecule has 0 saturated carbocycles. The summed E-state index contributed by atoms with van der Waals surface area (Å²) in [5.74, 6) is -0.0000350. The number of hydrogen-bond donors (Lipinski definition) is 0. The predicted molar refractivity (Wildman–Crippen MR) is 72.2 cm³/mol. The van der Waals surface area contributed by atoms with Gasteiger partial charge in [-0.3, -0.25) is 0 Å². The highest BCUT2D eigenvalue weighted by Gasteiger charge is 2.28. The Labute approximate surface area is 103 Å². The predicted octanol–water partition coefficient (Wildman–Crippen LogP) is 1.16. The van der Waals surface area contributed by atoms with Gasteiger partial charge in [0.05, 0.1) is 11.4 Å². The molecule has 1 aliphatic heterocycles. The molecule has 1 aromatic carbocycles. The van der Waals surface area contributed by atoms with Gasteiger partial charge in [-0.2, -0.15) is 0 Å². The molecule has 1 fully saturated rings. The molecule has 0 aliphatic carbocycles. The lowest BCUT2D eigenvalue weighted by atomic mass is 9.41. The topological polar surface area (TPSA) is 34.1 Å². The molecule has 1 saturated heterocycles. The Bertz CT molecular complexity index is 403. The van der Waals surface area contributed by atoms with Crippen molar-refractivity contribution < 1.29 is 9.59 Å². The summed E-state index contributed by atoms with van der Waals surface area (Å²) in [6.07, 6.45) is 3.32. The second kappa shape index (κ2) is 5.85. The number of aryl methyl sites for hydroxylation is 1. The van der Waals surface area contributed by atoms with E-state index in [1.165, 1.54) is 5.56 Å². The van der Waals surface area contributed by atoms with Gasteiger partial charge in [-0.15, -0.1) is 0 Å². The van der Waals surface area contributed by atoms with E-state index in [4.69, 9.17) is 0 Å². The molecule has 0 radical (unpaired) electrons. The maximum Gasteiger partial charge on any atom is 0.214 e. The Morgan fingerprint density at radius 2 is 1.94 bits per heavy atom. The minimum atomic E-state index is -0.0000350. The quantitative estimate of drug-likeness (QED) is 0.721. The second-order valence-corrected chi connectivity index (χ2v) is 4.78. The first-order valence-electron chi connectivity index (χ1n) is 6.34. The van der Waals surface area contributed by atoms with Crippen molar-refractivity contribution in [2.75, 3.05) is 0 Å². The lowest BCUT2D eigenvalue weighted by Gasteiger charge is -2.17. The van der Waals surface area contributed by atoms with Crippen molar-refractivity contribution in [2.24, 2.45) is 0 Å². The van der Waals surface area contributed by atoms with E-state index in [2.05, 4.69) is 12.1 Å². The summed E-state index contributed by atoms with van der Waals surface area (Å²) in [6.45, 7) is 0. The molecular weight excluding hydrogens is 210 g/mol. The zero-order chi connectivity index (χ0) is 12.1. The Morgan fingerprint density at radius 1 is 1.18 bits per heavy atom. The van der Waals surface area contributed by atoms with Gasteiger partial charge < -0.3 is 9.59 Å². The average Bonchev–Trinajstić information content (AvgIpc) is 2.35. The molecule has 0 N–H and O–H groups in total. The van der Waals surface area contributed by atoms with Gasteiger partial charge >= 0.3 is 0 Å². The van der Waals surface area contributed by atoms with E-state index in [0.29, 0.717) is 20.9 Å². The van der Waals surface area contributed by atoms with E-state index in [9.17, 15) is 9.59 Å². The van der Waals surface area contributed by atoms with Gasteiger partial charge in [0, 0.05) is 0 Å². The first kappa shape index (κ1) is 12.2. The van der Waals surface area contributed by atoms with Crippen molar-refractivity contribution in [1.29, 1.82) is 0 Å². The highest BCUT2D eigenvalue weighted by atomic mass is 16.1. The minimum absolute atomic E-state index is 0.0000350. The SMILES string of the molecule is O=C1BC(CCCc2ccccc2)C(=O)BC1. The van der Waals surface area contributed by atoms with Crippen LogP contribution in [-0.2, 0) is 16.0 Å². The van der Waals surface area contributed by atoms with Gasteiger partial charge in [0.15, 0.2) is 0 Å². The Hall–Kier alpha value is -1.31. The molecule has 1 heterocycles. The van der Waals surface area contributed by atoms with Crippen molar-refractivity contribution in [3.05, 3.63) is 35.9 Å². The molecule has 4 heteroatoms. The lowest BCUT2D eigenvalue weighted by Crippen LogP contribution is -2.33. The molecule has 2 rings (SSSR count). The van der Waals surface area contributed by atoms with E-state index in [-0.39, 0.29) is 17.2 Å². The van der Waals surface area contributed by atoms with Crippen LogP contribution in [0.2, 0.25) is 12.1 Å². The third-order valence-corrected chi connectivity index (χ3v) is 3.44. The zero-order valence-corrected chi connectivity index (χ0v) is 10.0. The van der Waals surface area contributed by atoms with Gasteiger partial charge in [0.2, 0.25) is 14.6 Å². The van der Waals surface area contributed by atoms with Gasteiger partial charge in [0.1, 0.15) is 0 Å². The summed E-state index contributed by atoms with van der Waals surface area (Å²) in [4.78, 5) is 22.9. The highest BCUT2D eigenvalue weighted by molar-refractivity contribution is 6.95. The summed E-state index contributed by atoms with van der Waals surface area (Å²) < 4.78 is 0. The molecule has 1 unspecified atom stereocenters. The van der Waals surface area contributed by atoms with Gasteiger partial charge in [0.25, 0.3) is 0 Å². The summed E-state index contributed by atoms with van der Waals surface area (Å²) in [6, 6.07) is 10.3. The Morgan fingerprint density at radius 3 is 2.71 bits per heavy atom. The van der Waals surface area contributed by atoms with Gasteiger partial charge in [-0.1, -0.05) is 36.8 Å². The fourth-order valence-corrected chi connectivity index (χ4v) is 2.42. The van der Waals surface area contributed by atoms with Crippen LogP contribution in [0.25, 0.3) is 0 Å². The normalized spacial score (nSPS) is 19.6. The monoisotopic (exact) mass is 226 g/mol. The molecule has 1 atom stereocenters. The van der Waals surface area contributed by atoms with Crippen LogP contribution in [0.5, 0.6) is 0 Å². The van der Waals surface area contributed by atoms with Crippen LogP contribution < -0.4 is 0 Å². The van der Waals surface area contributed by atoms with Crippen molar-refractivity contribution in [1.82, 2.24) is 0 Å². The van der Waals surface area contributed by atoms with Crippen molar-refractivity contribution in [2.45, 2.75) is 31.4 Å². The highest BCUT2D eigenvalue weighted by Crippen LogP contribution is 2.19. The van der Waals surface area contributed by atoms with Crippen LogP contribution in [0, 0.1) is 0 Å². The number of carbonyl (C=O) groups excluding carboxylic acids is 2. The van der Waals surface area contributed by atoms with Crippen LogP contribution >= 0.6 is 0 Å². The zero-order valence-electron chi connectivity index (χ0n) is 10.0. The van der Waals surface area contributed by atoms with E-state index in [0.717, 1.165) is 19.3 Å². The molecule has 2 nitrogen and oxygen atoms in total. The lowest BCUT2D eigenvalue weighted by molar-refractivity contribution is -0.115. The maximum atomic E-state index is 11.6. The second-order valence-electron chi connectivity index (χ2n) is 4.78. The third kappa shape index (κ3) is 3.58. The number of benzene rings is 1. The smallest absolute Gasteiger partial charge is 0.214 e. The first-order chi connectivity index (χ1) is 8.25. The fraction of sp³-hybridized carbons (Fsp3) is 0.385. The van der Waals surface area contributed by atoms with E-state index >= 15 is 0 Å². The average molecular weight is 226 g/mol. The molecule has 0 spiro atoms. The number of carbonyl (C=O) groups is 2. The summed E-state index contributed by atoms with van der Waals surface area (Å²) in [5, 5.41) is 0. The Balaban J connectivity index is 1.78. The molecule has 0 aromatic heterocycles. The third-order valence-electron chi connectivity index (χ3n) is 3.44. The number of rotatable bonds is 4. The van der Waals surface area contributed by atoms with E-state index < -0.39 is 0 Å². The molecule has 0 amide bonds. The maximum absolute atomic E-state index is 11.6. The summed E-state index contributed by atoms with van der Waals surface area (Å²) in [7, 11) is 0.947. The van der Waals surface area contributed by atoms with Crippen LogP contribution in [0.15, 0.2) is 30.3 Å². The van der Waals surface area contributed by atoms with E-state index in [1.807, 2.05) is 18.2 Å². The molecule has 1 aromatic rings. The van der Waals surface area contributed by atoms with E-state index in [1.54, 1.807) is 0 Å². The standard InChI is InChI=1S/C13H16B2O2/c16-12-9-14-13(17)11(15-12)8-4-7-10-5-2-1-3-6-10/h1-3,5-6,11,14-15H,4,7-9H2. The van der Waals surface area contributed by atoms with Crippen LogP contribution in [0.4, 0.5) is 0 Å². The fourth-order valence-electron chi connectivity index (χ4n) is 2.42. The van der Waals surface area contributed by atoms with Crippen molar-refractivity contribution in [3.63, 3.8) is 0 Å². The van der Waals surface area contributed by atoms with Crippen LogP contribution in [0.3, 0.4) is 0 Å². The van der Waals surface area contributed by atoms with Crippen molar-refractivity contribution >= 4 is 25.9 Å². The van der Waals surface area contributed by atoms with Crippen LogP contribution in [0.1, 0.15) is 18.4 Å². The molecule has 0 bridgehead atoms. The largest absolute Gasteiger partial charge is 0.312 e. The number of hydrogen-bond acceptors (Lipinski definition) is 2. The van der Waals surface area contributed by atoms with Gasteiger partial charge in [-0.25, -0.2) is 0 Å².